The summed E-state index contributed by atoms with van der Waals surface area (Å²) in [6, 6.07) is 8.67. The van der Waals surface area contributed by atoms with Gasteiger partial charge >= 0.3 is 0 Å². The lowest BCUT2D eigenvalue weighted by Crippen LogP contribution is -2.58. The highest BCUT2D eigenvalue weighted by Gasteiger charge is 2.44. The summed E-state index contributed by atoms with van der Waals surface area (Å²) in [6.45, 7) is 8.82. The maximum atomic E-state index is 6.08. The van der Waals surface area contributed by atoms with Crippen LogP contribution in [0.2, 0.25) is 0 Å². The molecule has 3 heteroatoms. The molecule has 0 saturated carbocycles. The van der Waals surface area contributed by atoms with Gasteiger partial charge in [-0.3, -0.25) is 0 Å². The molecule has 1 heterocycles. The van der Waals surface area contributed by atoms with Crippen molar-refractivity contribution in [3.05, 3.63) is 29.8 Å². The maximum absolute atomic E-state index is 6.08. The molecule has 1 aliphatic heterocycles. The number of hydrogen-bond donors (Lipinski definition) is 1. The summed E-state index contributed by atoms with van der Waals surface area (Å²) in [7, 11) is 0. The lowest BCUT2D eigenvalue weighted by Gasteiger charge is -2.43. The first-order chi connectivity index (χ1) is 8.64. The Kier molecular flexibility index (Phi) is 3.93. The van der Waals surface area contributed by atoms with Crippen LogP contribution >= 0.6 is 0 Å². The van der Waals surface area contributed by atoms with Crippen molar-refractivity contribution in [1.29, 1.82) is 0 Å². The van der Waals surface area contributed by atoms with Crippen LogP contribution in [0.5, 0.6) is 0 Å². The summed E-state index contributed by atoms with van der Waals surface area (Å²) < 4.78 is 5.77. The van der Waals surface area contributed by atoms with Gasteiger partial charge in [-0.1, -0.05) is 17.7 Å². The van der Waals surface area contributed by atoms with Crippen LogP contribution in [0.25, 0.3) is 0 Å². The van der Waals surface area contributed by atoms with Crippen molar-refractivity contribution < 1.29 is 4.74 Å². The van der Waals surface area contributed by atoms with E-state index in [2.05, 4.69) is 49.9 Å². The minimum atomic E-state index is -0.0516. The van der Waals surface area contributed by atoms with Crippen molar-refractivity contribution >= 4 is 5.69 Å². The van der Waals surface area contributed by atoms with Crippen molar-refractivity contribution in [2.75, 3.05) is 24.6 Å². The predicted molar refractivity (Wildman–Crippen MR) is 76.0 cm³/mol. The fourth-order valence-corrected chi connectivity index (χ4v) is 2.98. The van der Waals surface area contributed by atoms with Crippen LogP contribution in [0.3, 0.4) is 0 Å². The third-order valence-electron chi connectivity index (χ3n) is 4.21. The monoisotopic (exact) mass is 248 g/mol. The van der Waals surface area contributed by atoms with E-state index in [1.54, 1.807) is 0 Å². The van der Waals surface area contributed by atoms with Gasteiger partial charge < -0.3 is 15.4 Å². The second kappa shape index (κ2) is 5.29. The number of rotatable bonds is 4. The minimum absolute atomic E-state index is 0.0516. The van der Waals surface area contributed by atoms with E-state index in [4.69, 9.17) is 10.5 Å². The number of benzene rings is 1. The number of nitrogens with zero attached hydrogens (tertiary/aromatic N) is 1. The lowest BCUT2D eigenvalue weighted by atomic mass is 9.89. The Morgan fingerprint density at radius 2 is 2.06 bits per heavy atom. The molecule has 0 aliphatic carbocycles. The highest BCUT2D eigenvalue weighted by molar-refractivity contribution is 5.51. The molecule has 0 aromatic heterocycles. The molecule has 0 spiro atoms. The Labute approximate surface area is 110 Å². The van der Waals surface area contributed by atoms with Gasteiger partial charge in [-0.2, -0.15) is 0 Å². The zero-order valence-corrected chi connectivity index (χ0v) is 11.6. The Balaban J connectivity index is 2.34. The highest BCUT2D eigenvalue weighted by Crippen LogP contribution is 2.35. The average molecular weight is 248 g/mol. The Hall–Kier alpha value is -1.06. The van der Waals surface area contributed by atoms with Crippen molar-refractivity contribution in [3.8, 4) is 0 Å². The van der Waals surface area contributed by atoms with Gasteiger partial charge in [0.2, 0.25) is 0 Å². The quantitative estimate of drug-likeness (QED) is 0.888. The van der Waals surface area contributed by atoms with Gasteiger partial charge in [0.15, 0.2) is 0 Å². The normalized spacial score (nSPS) is 27.4. The summed E-state index contributed by atoms with van der Waals surface area (Å²) in [5.41, 5.74) is 8.56. The second-order valence-corrected chi connectivity index (χ2v) is 5.15. The third kappa shape index (κ3) is 2.13. The Morgan fingerprint density at radius 3 is 2.50 bits per heavy atom. The van der Waals surface area contributed by atoms with E-state index < -0.39 is 0 Å². The zero-order valence-electron chi connectivity index (χ0n) is 11.6. The molecule has 1 aromatic rings. The van der Waals surface area contributed by atoms with Gasteiger partial charge in [0.05, 0.1) is 11.6 Å². The molecule has 18 heavy (non-hydrogen) atoms. The molecule has 3 nitrogen and oxygen atoms in total. The summed E-state index contributed by atoms with van der Waals surface area (Å²) in [4.78, 5) is 2.41. The smallest absolute Gasteiger partial charge is 0.0803 e. The fraction of sp³-hybridized carbons (Fsp3) is 0.600. The van der Waals surface area contributed by atoms with E-state index >= 15 is 0 Å². The molecule has 2 unspecified atom stereocenters. The molecule has 2 N–H and O–H groups in total. The molecule has 1 saturated heterocycles. The van der Waals surface area contributed by atoms with Crippen molar-refractivity contribution in [2.45, 2.75) is 38.8 Å². The van der Waals surface area contributed by atoms with Gasteiger partial charge in [-0.05, 0) is 39.3 Å². The molecule has 2 rings (SSSR count). The van der Waals surface area contributed by atoms with Crippen molar-refractivity contribution in [3.63, 3.8) is 0 Å². The van der Waals surface area contributed by atoms with Gasteiger partial charge in [-0.25, -0.2) is 0 Å². The van der Waals surface area contributed by atoms with Crippen LogP contribution in [0.1, 0.15) is 25.8 Å². The topological polar surface area (TPSA) is 38.5 Å². The first kappa shape index (κ1) is 13.4. The predicted octanol–water partition coefficient (Wildman–Crippen LogP) is 2.33. The standard InChI is InChI=1S/C15H24N2O/c1-4-17(14-7-5-12(2)6-8-14)15(11-16)9-10-18-13(15)3/h5-8,13H,4,9-11,16H2,1-3H3. The maximum Gasteiger partial charge on any atom is 0.0803 e. The van der Waals surface area contributed by atoms with E-state index in [9.17, 15) is 0 Å². The number of anilines is 1. The Bertz CT molecular complexity index is 390. The molecule has 2 atom stereocenters. The van der Waals surface area contributed by atoms with E-state index in [0.717, 1.165) is 19.6 Å². The second-order valence-electron chi connectivity index (χ2n) is 5.15. The van der Waals surface area contributed by atoms with Gasteiger partial charge in [0.25, 0.3) is 0 Å². The van der Waals surface area contributed by atoms with E-state index in [0.29, 0.717) is 6.54 Å². The van der Waals surface area contributed by atoms with Crippen LogP contribution in [0.15, 0.2) is 24.3 Å². The molecule has 1 fully saturated rings. The van der Waals surface area contributed by atoms with Crippen molar-refractivity contribution in [1.82, 2.24) is 0 Å². The highest BCUT2D eigenvalue weighted by atomic mass is 16.5. The summed E-state index contributed by atoms with van der Waals surface area (Å²) >= 11 is 0. The summed E-state index contributed by atoms with van der Waals surface area (Å²) in [6.07, 6.45) is 1.19. The average Bonchev–Trinajstić information content (AvgIpc) is 2.75. The molecule has 1 aromatic carbocycles. The number of ether oxygens (including phenoxy) is 1. The fourth-order valence-electron chi connectivity index (χ4n) is 2.98. The molecular weight excluding hydrogens is 224 g/mol. The van der Waals surface area contributed by atoms with E-state index in [-0.39, 0.29) is 11.6 Å². The molecule has 1 aliphatic rings. The third-order valence-corrected chi connectivity index (χ3v) is 4.21. The van der Waals surface area contributed by atoms with Gasteiger partial charge in [-0.15, -0.1) is 0 Å². The number of likely N-dealkylation sites (N-methyl/N-ethyl adjacent to an activating group) is 1. The van der Waals surface area contributed by atoms with E-state index in [1.165, 1.54) is 11.3 Å². The first-order valence-electron chi connectivity index (χ1n) is 6.80. The lowest BCUT2D eigenvalue weighted by molar-refractivity contribution is 0.0949. The SMILES string of the molecule is CCN(c1ccc(C)cc1)C1(CN)CCOC1C. The largest absolute Gasteiger partial charge is 0.376 e. The first-order valence-corrected chi connectivity index (χ1v) is 6.80. The molecule has 0 radical (unpaired) electrons. The number of aryl methyl sites for hydroxylation is 1. The number of nitrogens with two attached hydrogens (primary N) is 1. The van der Waals surface area contributed by atoms with Gasteiger partial charge in [0.1, 0.15) is 0 Å². The van der Waals surface area contributed by atoms with Gasteiger partial charge in [0, 0.05) is 25.4 Å². The van der Waals surface area contributed by atoms with E-state index in [1.807, 2.05) is 0 Å². The molecule has 0 bridgehead atoms. The van der Waals surface area contributed by atoms with Crippen LogP contribution in [-0.2, 0) is 4.74 Å². The van der Waals surface area contributed by atoms with Crippen LogP contribution in [0.4, 0.5) is 5.69 Å². The molecule has 0 amide bonds. The number of hydrogen-bond acceptors (Lipinski definition) is 3. The van der Waals surface area contributed by atoms with Crippen LogP contribution < -0.4 is 10.6 Å². The molecular formula is C15H24N2O. The van der Waals surface area contributed by atoms with Crippen LogP contribution in [-0.4, -0.2) is 31.3 Å². The summed E-state index contributed by atoms with van der Waals surface area (Å²) in [5.74, 6) is 0. The van der Waals surface area contributed by atoms with Crippen LogP contribution in [0, 0.1) is 6.92 Å². The minimum Gasteiger partial charge on any atom is -0.376 e. The Morgan fingerprint density at radius 1 is 1.39 bits per heavy atom. The molecule has 100 valence electrons. The zero-order chi connectivity index (χ0) is 13.2. The van der Waals surface area contributed by atoms with Crippen molar-refractivity contribution in [2.24, 2.45) is 5.73 Å². The summed E-state index contributed by atoms with van der Waals surface area (Å²) in [5, 5.41) is 0.